The zero-order chi connectivity index (χ0) is 14.4. The van der Waals surface area contributed by atoms with E-state index in [9.17, 15) is 4.79 Å². The molecule has 0 radical (unpaired) electrons. The predicted molar refractivity (Wildman–Crippen MR) is 80.6 cm³/mol. The first-order valence-corrected chi connectivity index (χ1v) is 7.13. The first-order valence-electron chi connectivity index (χ1n) is 6.25. The van der Waals surface area contributed by atoms with E-state index in [2.05, 4.69) is 10.3 Å². The zero-order valence-electron chi connectivity index (χ0n) is 11.3. The van der Waals surface area contributed by atoms with Gasteiger partial charge in [-0.1, -0.05) is 12.1 Å². The summed E-state index contributed by atoms with van der Waals surface area (Å²) in [4.78, 5) is 16.1. The van der Waals surface area contributed by atoms with E-state index in [0.29, 0.717) is 18.8 Å². The molecule has 0 aliphatic rings. The summed E-state index contributed by atoms with van der Waals surface area (Å²) >= 11 is 1.49. The van der Waals surface area contributed by atoms with Crippen molar-refractivity contribution in [2.45, 2.75) is 6.42 Å². The van der Waals surface area contributed by atoms with Crippen molar-refractivity contribution in [1.29, 1.82) is 0 Å². The Morgan fingerprint density at radius 1 is 1.45 bits per heavy atom. The number of benzene rings is 1. The van der Waals surface area contributed by atoms with Crippen LogP contribution in [0.1, 0.15) is 5.69 Å². The van der Waals surface area contributed by atoms with Gasteiger partial charge in [-0.3, -0.25) is 4.79 Å². The molecule has 0 fully saturated rings. The van der Waals surface area contributed by atoms with Gasteiger partial charge in [-0.05, 0) is 12.1 Å². The molecule has 0 aliphatic heterocycles. The standard InChI is InChI=1S/C14H17N3O2S/c1-19-7-6-16-13(18)8-10-9-20-14(17-10)11-4-2-3-5-12(11)15/h2-5,9H,6-8,15H2,1H3,(H,16,18). The van der Waals surface area contributed by atoms with Crippen molar-refractivity contribution in [2.75, 3.05) is 26.0 Å². The number of carbonyl (C=O) groups excluding carboxylic acids is 1. The minimum atomic E-state index is -0.0556. The molecule has 2 rings (SSSR count). The lowest BCUT2D eigenvalue weighted by Crippen LogP contribution is -2.28. The van der Waals surface area contributed by atoms with Gasteiger partial charge in [0, 0.05) is 30.3 Å². The number of rotatable bonds is 6. The monoisotopic (exact) mass is 291 g/mol. The largest absolute Gasteiger partial charge is 0.398 e. The van der Waals surface area contributed by atoms with Crippen LogP contribution in [0.2, 0.25) is 0 Å². The smallest absolute Gasteiger partial charge is 0.226 e. The van der Waals surface area contributed by atoms with E-state index in [1.165, 1.54) is 11.3 Å². The third-order valence-electron chi connectivity index (χ3n) is 2.71. The highest BCUT2D eigenvalue weighted by Gasteiger charge is 2.10. The summed E-state index contributed by atoms with van der Waals surface area (Å²) in [7, 11) is 1.60. The van der Waals surface area contributed by atoms with E-state index < -0.39 is 0 Å². The minimum Gasteiger partial charge on any atom is -0.398 e. The number of nitrogen functional groups attached to an aromatic ring is 1. The molecule has 0 saturated carbocycles. The van der Waals surface area contributed by atoms with Gasteiger partial charge in [0.05, 0.1) is 18.7 Å². The summed E-state index contributed by atoms with van der Waals surface area (Å²) < 4.78 is 4.88. The van der Waals surface area contributed by atoms with Crippen LogP contribution < -0.4 is 11.1 Å². The van der Waals surface area contributed by atoms with Crippen molar-refractivity contribution in [3.05, 3.63) is 35.3 Å². The Bertz CT molecular complexity index is 583. The fourth-order valence-electron chi connectivity index (χ4n) is 1.72. The van der Waals surface area contributed by atoms with E-state index in [-0.39, 0.29) is 12.3 Å². The number of anilines is 1. The van der Waals surface area contributed by atoms with Crippen molar-refractivity contribution in [3.8, 4) is 10.6 Å². The van der Waals surface area contributed by atoms with Gasteiger partial charge in [0.25, 0.3) is 0 Å². The second-order valence-electron chi connectivity index (χ2n) is 4.25. The van der Waals surface area contributed by atoms with Crippen LogP contribution in [0.25, 0.3) is 10.6 Å². The van der Waals surface area contributed by atoms with Gasteiger partial charge >= 0.3 is 0 Å². The fourth-order valence-corrected chi connectivity index (χ4v) is 2.59. The van der Waals surface area contributed by atoms with Crippen molar-refractivity contribution in [2.24, 2.45) is 0 Å². The Balaban J connectivity index is 1.99. The Morgan fingerprint density at radius 3 is 3.00 bits per heavy atom. The van der Waals surface area contributed by atoms with Crippen LogP contribution in [0.4, 0.5) is 5.69 Å². The number of carbonyl (C=O) groups is 1. The molecule has 0 unspecified atom stereocenters. The molecule has 1 heterocycles. The lowest BCUT2D eigenvalue weighted by atomic mass is 10.2. The molecule has 0 atom stereocenters. The number of nitrogens with two attached hydrogens (primary N) is 1. The number of thiazole rings is 1. The number of para-hydroxylation sites is 1. The molecule has 1 aromatic carbocycles. The topological polar surface area (TPSA) is 77.2 Å². The summed E-state index contributed by atoms with van der Waals surface area (Å²) in [6.45, 7) is 1.02. The van der Waals surface area contributed by atoms with Crippen LogP contribution >= 0.6 is 11.3 Å². The average Bonchev–Trinajstić information content (AvgIpc) is 2.88. The molecule has 3 N–H and O–H groups in total. The van der Waals surface area contributed by atoms with Crippen molar-refractivity contribution in [1.82, 2.24) is 10.3 Å². The Labute approximate surface area is 121 Å². The number of nitrogens with one attached hydrogen (secondary N) is 1. The van der Waals surface area contributed by atoms with E-state index in [1.807, 2.05) is 29.6 Å². The van der Waals surface area contributed by atoms with Gasteiger partial charge < -0.3 is 15.8 Å². The molecule has 6 heteroatoms. The maximum Gasteiger partial charge on any atom is 0.226 e. The quantitative estimate of drug-likeness (QED) is 0.627. The van der Waals surface area contributed by atoms with Crippen LogP contribution in [0.5, 0.6) is 0 Å². The third kappa shape index (κ3) is 3.79. The molecule has 106 valence electrons. The Morgan fingerprint density at radius 2 is 2.25 bits per heavy atom. The second-order valence-corrected chi connectivity index (χ2v) is 5.11. The maximum atomic E-state index is 11.7. The van der Waals surface area contributed by atoms with Gasteiger partial charge in [-0.25, -0.2) is 4.98 Å². The normalized spacial score (nSPS) is 10.4. The number of methoxy groups -OCH3 is 1. The van der Waals surface area contributed by atoms with E-state index >= 15 is 0 Å². The fraction of sp³-hybridized carbons (Fsp3) is 0.286. The first-order chi connectivity index (χ1) is 9.70. The van der Waals surface area contributed by atoms with E-state index in [0.717, 1.165) is 16.3 Å². The highest BCUT2D eigenvalue weighted by molar-refractivity contribution is 7.13. The summed E-state index contributed by atoms with van der Waals surface area (Å²) in [6.07, 6.45) is 0.271. The van der Waals surface area contributed by atoms with Crippen LogP contribution in [-0.4, -0.2) is 31.2 Å². The highest BCUT2D eigenvalue weighted by atomic mass is 32.1. The van der Waals surface area contributed by atoms with E-state index in [1.54, 1.807) is 7.11 Å². The lowest BCUT2D eigenvalue weighted by molar-refractivity contribution is -0.120. The number of ether oxygens (including phenoxy) is 1. The Kier molecular flexibility index (Phi) is 5.09. The summed E-state index contributed by atoms with van der Waals surface area (Å²) in [6, 6.07) is 7.57. The molecule has 5 nitrogen and oxygen atoms in total. The summed E-state index contributed by atoms with van der Waals surface area (Å²) in [5.74, 6) is -0.0556. The molecule has 0 spiro atoms. The molecule has 0 saturated heterocycles. The SMILES string of the molecule is COCCNC(=O)Cc1csc(-c2ccccc2N)n1. The van der Waals surface area contributed by atoms with Crippen molar-refractivity contribution in [3.63, 3.8) is 0 Å². The summed E-state index contributed by atoms with van der Waals surface area (Å²) in [5, 5.41) is 5.49. The van der Waals surface area contributed by atoms with Gasteiger partial charge in [0.15, 0.2) is 0 Å². The van der Waals surface area contributed by atoms with E-state index in [4.69, 9.17) is 10.5 Å². The van der Waals surface area contributed by atoms with Gasteiger partial charge in [-0.2, -0.15) is 0 Å². The molecule has 1 aromatic heterocycles. The van der Waals surface area contributed by atoms with Gasteiger partial charge in [0.2, 0.25) is 5.91 Å². The minimum absolute atomic E-state index is 0.0556. The van der Waals surface area contributed by atoms with Crippen LogP contribution in [0.15, 0.2) is 29.6 Å². The maximum absolute atomic E-state index is 11.7. The van der Waals surface area contributed by atoms with Crippen LogP contribution in [0.3, 0.4) is 0 Å². The number of aromatic nitrogens is 1. The van der Waals surface area contributed by atoms with Crippen molar-refractivity contribution < 1.29 is 9.53 Å². The highest BCUT2D eigenvalue weighted by Crippen LogP contribution is 2.28. The van der Waals surface area contributed by atoms with Crippen LogP contribution in [0, 0.1) is 0 Å². The molecular weight excluding hydrogens is 274 g/mol. The molecule has 2 aromatic rings. The number of nitrogens with zero attached hydrogens (tertiary/aromatic N) is 1. The van der Waals surface area contributed by atoms with Gasteiger partial charge in [0.1, 0.15) is 5.01 Å². The average molecular weight is 291 g/mol. The molecule has 1 amide bonds. The van der Waals surface area contributed by atoms with Gasteiger partial charge in [-0.15, -0.1) is 11.3 Å². The number of amides is 1. The summed E-state index contributed by atoms with van der Waals surface area (Å²) in [5.41, 5.74) is 8.27. The number of hydrogen-bond donors (Lipinski definition) is 2. The van der Waals surface area contributed by atoms with Crippen LogP contribution in [-0.2, 0) is 16.0 Å². The third-order valence-corrected chi connectivity index (χ3v) is 3.64. The lowest BCUT2D eigenvalue weighted by Gasteiger charge is -2.02. The molecule has 0 aliphatic carbocycles. The number of hydrogen-bond acceptors (Lipinski definition) is 5. The molecule has 0 bridgehead atoms. The second kappa shape index (κ2) is 7.02. The van der Waals surface area contributed by atoms with Crippen molar-refractivity contribution >= 4 is 22.9 Å². The molecular formula is C14H17N3O2S. The first kappa shape index (κ1) is 14.5. The predicted octanol–water partition coefficient (Wildman–Crippen LogP) is 1.70. The molecule has 20 heavy (non-hydrogen) atoms. The zero-order valence-corrected chi connectivity index (χ0v) is 12.1. The Hall–Kier alpha value is -1.92.